The van der Waals surface area contributed by atoms with Crippen molar-refractivity contribution < 1.29 is 9.53 Å². The first-order valence-electron chi connectivity index (χ1n) is 6.96. The maximum absolute atomic E-state index is 11.6. The number of aryl methyl sites for hydroxylation is 1. The highest BCUT2D eigenvalue weighted by Gasteiger charge is 2.06. The predicted octanol–water partition coefficient (Wildman–Crippen LogP) is 2.84. The van der Waals surface area contributed by atoms with E-state index in [0.29, 0.717) is 12.3 Å². The van der Waals surface area contributed by atoms with Crippen LogP contribution in [0.3, 0.4) is 0 Å². The molecule has 4 heteroatoms. The van der Waals surface area contributed by atoms with Crippen LogP contribution in [0, 0.1) is 6.92 Å². The lowest BCUT2D eigenvalue weighted by Gasteiger charge is -2.09. The minimum Gasteiger partial charge on any atom is -0.481 e. The molecular formula is C16H20N2O2. The second kappa shape index (κ2) is 6.89. The molecule has 0 unspecified atom stereocenters. The number of nitrogens with zero attached hydrogens (tertiary/aromatic N) is 1. The first kappa shape index (κ1) is 14.3. The molecular weight excluding hydrogens is 252 g/mol. The van der Waals surface area contributed by atoms with Crippen LogP contribution < -0.4 is 10.1 Å². The molecule has 2 rings (SSSR count). The van der Waals surface area contributed by atoms with Gasteiger partial charge in [-0.1, -0.05) is 31.5 Å². The van der Waals surface area contributed by atoms with Gasteiger partial charge in [0, 0.05) is 17.6 Å². The van der Waals surface area contributed by atoms with E-state index in [4.69, 9.17) is 4.74 Å². The van der Waals surface area contributed by atoms with Crippen LogP contribution in [0.2, 0.25) is 0 Å². The number of pyridine rings is 1. The molecule has 1 aromatic carbocycles. The molecule has 1 N–H and O–H groups in total. The number of rotatable bonds is 6. The molecule has 0 radical (unpaired) electrons. The van der Waals surface area contributed by atoms with E-state index in [0.717, 1.165) is 29.4 Å². The number of nitrogens with one attached hydrogen (secondary N) is 1. The average molecular weight is 272 g/mol. The van der Waals surface area contributed by atoms with Gasteiger partial charge in [0.15, 0.2) is 6.61 Å². The Morgan fingerprint density at radius 1 is 1.30 bits per heavy atom. The van der Waals surface area contributed by atoms with Crippen molar-refractivity contribution in [2.45, 2.75) is 26.7 Å². The molecule has 0 aliphatic rings. The molecule has 1 amide bonds. The summed E-state index contributed by atoms with van der Waals surface area (Å²) in [4.78, 5) is 16.1. The second-order valence-corrected chi connectivity index (χ2v) is 4.77. The molecule has 0 atom stereocenters. The average Bonchev–Trinajstić information content (AvgIpc) is 2.45. The monoisotopic (exact) mass is 272 g/mol. The van der Waals surface area contributed by atoms with E-state index >= 15 is 0 Å². The van der Waals surface area contributed by atoms with Crippen LogP contribution in [0.25, 0.3) is 10.9 Å². The number of unbranched alkanes of at least 4 members (excludes halogenated alkanes) is 1. The third kappa shape index (κ3) is 3.70. The number of aromatic nitrogens is 1. The van der Waals surface area contributed by atoms with Crippen molar-refractivity contribution in [1.82, 2.24) is 10.3 Å². The highest BCUT2D eigenvalue weighted by atomic mass is 16.5. The van der Waals surface area contributed by atoms with E-state index in [1.54, 1.807) is 0 Å². The molecule has 106 valence electrons. The fraction of sp³-hybridized carbons (Fsp3) is 0.375. The zero-order chi connectivity index (χ0) is 14.4. The van der Waals surface area contributed by atoms with Crippen LogP contribution in [0.15, 0.2) is 30.3 Å². The number of carbonyl (C=O) groups is 1. The Balaban J connectivity index is 2.02. The number of hydrogen-bond donors (Lipinski definition) is 1. The summed E-state index contributed by atoms with van der Waals surface area (Å²) in [6.45, 7) is 4.75. The molecule has 0 spiro atoms. The topological polar surface area (TPSA) is 51.2 Å². The quantitative estimate of drug-likeness (QED) is 0.823. The molecule has 0 saturated carbocycles. The summed E-state index contributed by atoms with van der Waals surface area (Å²) in [6.07, 6.45) is 2.05. The summed E-state index contributed by atoms with van der Waals surface area (Å²) >= 11 is 0. The number of para-hydroxylation sites is 1. The minimum atomic E-state index is -0.0943. The van der Waals surface area contributed by atoms with Crippen molar-refractivity contribution >= 4 is 16.8 Å². The van der Waals surface area contributed by atoms with Gasteiger partial charge in [-0.25, -0.2) is 4.98 Å². The SMILES string of the molecule is CCCCNC(=O)COc1cccc2ccc(C)nc12. The smallest absolute Gasteiger partial charge is 0.257 e. The van der Waals surface area contributed by atoms with Crippen molar-refractivity contribution in [2.75, 3.05) is 13.2 Å². The number of hydrogen-bond acceptors (Lipinski definition) is 3. The minimum absolute atomic E-state index is 0.0262. The second-order valence-electron chi connectivity index (χ2n) is 4.77. The van der Waals surface area contributed by atoms with Gasteiger partial charge in [-0.05, 0) is 25.5 Å². The summed E-state index contributed by atoms with van der Waals surface area (Å²) < 4.78 is 5.59. The molecule has 20 heavy (non-hydrogen) atoms. The normalized spacial score (nSPS) is 10.5. The first-order valence-corrected chi connectivity index (χ1v) is 6.96. The van der Waals surface area contributed by atoms with Gasteiger partial charge in [0.2, 0.25) is 0 Å². The lowest BCUT2D eigenvalue weighted by atomic mass is 10.2. The van der Waals surface area contributed by atoms with Gasteiger partial charge in [0.25, 0.3) is 5.91 Å². The molecule has 0 fully saturated rings. The summed E-state index contributed by atoms with van der Waals surface area (Å²) in [6, 6.07) is 9.70. The fourth-order valence-electron chi connectivity index (χ4n) is 1.93. The van der Waals surface area contributed by atoms with Crippen molar-refractivity contribution in [2.24, 2.45) is 0 Å². The van der Waals surface area contributed by atoms with Gasteiger partial charge in [-0.3, -0.25) is 4.79 Å². The molecule has 1 heterocycles. The molecule has 0 bridgehead atoms. The van der Waals surface area contributed by atoms with Gasteiger partial charge < -0.3 is 10.1 Å². The third-order valence-electron chi connectivity index (χ3n) is 3.03. The fourth-order valence-corrected chi connectivity index (χ4v) is 1.93. The van der Waals surface area contributed by atoms with Crippen LogP contribution in [0.1, 0.15) is 25.5 Å². The van der Waals surface area contributed by atoms with Gasteiger partial charge in [0.1, 0.15) is 11.3 Å². The van der Waals surface area contributed by atoms with E-state index in [2.05, 4.69) is 17.2 Å². The number of amides is 1. The summed E-state index contributed by atoms with van der Waals surface area (Å²) in [7, 11) is 0. The number of ether oxygens (including phenoxy) is 1. The zero-order valence-corrected chi connectivity index (χ0v) is 12.0. The van der Waals surface area contributed by atoms with E-state index in [1.807, 2.05) is 37.3 Å². The number of fused-ring (bicyclic) bond motifs is 1. The van der Waals surface area contributed by atoms with Crippen molar-refractivity contribution in [1.29, 1.82) is 0 Å². The van der Waals surface area contributed by atoms with Gasteiger partial charge in [-0.2, -0.15) is 0 Å². The summed E-state index contributed by atoms with van der Waals surface area (Å²) in [5, 5.41) is 3.84. The Bertz CT molecular complexity index is 596. The van der Waals surface area contributed by atoms with E-state index in [-0.39, 0.29) is 12.5 Å². The maximum atomic E-state index is 11.6. The highest BCUT2D eigenvalue weighted by Crippen LogP contribution is 2.23. The van der Waals surface area contributed by atoms with Crippen LogP contribution in [0.4, 0.5) is 0 Å². The molecule has 0 saturated heterocycles. The molecule has 1 aromatic heterocycles. The van der Waals surface area contributed by atoms with Crippen LogP contribution in [0.5, 0.6) is 5.75 Å². The third-order valence-corrected chi connectivity index (χ3v) is 3.03. The Labute approximate surface area is 119 Å². The Kier molecular flexibility index (Phi) is 4.93. The maximum Gasteiger partial charge on any atom is 0.257 e. The molecule has 2 aromatic rings. The number of benzene rings is 1. The lowest BCUT2D eigenvalue weighted by Crippen LogP contribution is -2.29. The Morgan fingerprint density at radius 2 is 2.15 bits per heavy atom. The largest absolute Gasteiger partial charge is 0.481 e. The Hall–Kier alpha value is -2.10. The van der Waals surface area contributed by atoms with Crippen molar-refractivity contribution in [3.63, 3.8) is 0 Å². The number of carbonyl (C=O) groups excluding carboxylic acids is 1. The van der Waals surface area contributed by atoms with E-state index in [1.165, 1.54) is 0 Å². The summed E-state index contributed by atoms with van der Waals surface area (Å²) in [5.74, 6) is 0.556. The van der Waals surface area contributed by atoms with Crippen molar-refractivity contribution in [3.8, 4) is 5.75 Å². The van der Waals surface area contributed by atoms with Crippen LogP contribution >= 0.6 is 0 Å². The highest BCUT2D eigenvalue weighted by molar-refractivity contribution is 5.85. The van der Waals surface area contributed by atoms with Crippen molar-refractivity contribution in [3.05, 3.63) is 36.0 Å². The van der Waals surface area contributed by atoms with Gasteiger partial charge in [-0.15, -0.1) is 0 Å². The summed E-state index contributed by atoms with van der Waals surface area (Å²) in [5.41, 5.74) is 1.73. The van der Waals surface area contributed by atoms with Crippen LogP contribution in [-0.2, 0) is 4.79 Å². The van der Waals surface area contributed by atoms with Gasteiger partial charge >= 0.3 is 0 Å². The molecule has 0 aliphatic heterocycles. The molecule has 0 aliphatic carbocycles. The van der Waals surface area contributed by atoms with E-state index in [9.17, 15) is 4.79 Å². The predicted molar refractivity (Wildman–Crippen MR) is 79.9 cm³/mol. The standard InChI is InChI=1S/C16H20N2O2/c1-3-4-10-17-15(19)11-20-14-7-5-6-13-9-8-12(2)18-16(13)14/h5-9H,3-4,10-11H2,1-2H3,(H,17,19). The van der Waals surface area contributed by atoms with Crippen LogP contribution in [-0.4, -0.2) is 24.0 Å². The van der Waals surface area contributed by atoms with Gasteiger partial charge in [0.05, 0.1) is 0 Å². The first-order chi connectivity index (χ1) is 9.70. The zero-order valence-electron chi connectivity index (χ0n) is 12.0. The van der Waals surface area contributed by atoms with E-state index < -0.39 is 0 Å². The lowest BCUT2D eigenvalue weighted by molar-refractivity contribution is -0.123. The Morgan fingerprint density at radius 3 is 2.95 bits per heavy atom. The molecule has 4 nitrogen and oxygen atoms in total.